The number of hydrogen-bond donors (Lipinski definition) is 0. The summed E-state index contributed by atoms with van der Waals surface area (Å²) in [6, 6.07) is 0. The molecule has 13 heavy (non-hydrogen) atoms. The number of rotatable bonds is 7. The van der Waals surface area contributed by atoms with Gasteiger partial charge in [-0.05, 0) is 19.3 Å². The van der Waals surface area contributed by atoms with Crippen LogP contribution in [0.5, 0.6) is 0 Å². The monoisotopic (exact) mass is 186 g/mol. The highest BCUT2D eigenvalue weighted by atomic mass is 16.5. The molecule has 2 atom stereocenters. The van der Waals surface area contributed by atoms with E-state index in [0.29, 0.717) is 5.92 Å². The average molecular weight is 186 g/mol. The van der Waals surface area contributed by atoms with E-state index in [1.54, 1.807) is 14.0 Å². The Labute approximate surface area is 81.7 Å². The van der Waals surface area contributed by atoms with Crippen LogP contribution in [0.2, 0.25) is 0 Å². The van der Waals surface area contributed by atoms with Gasteiger partial charge in [0.15, 0.2) is 5.78 Å². The van der Waals surface area contributed by atoms with Crippen LogP contribution in [0.15, 0.2) is 0 Å². The zero-order valence-electron chi connectivity index (χ0n) is 9.30. The maximum atomic E-state index is 11.1. The van der Waals surface area contributed by atoms with Crippen LogP contribution in [0.3, 0.4) is 0 Å². The third kappa shape index (κ3) is 5.81. The van der Waals surface area contributed by atoms with Crippen LogP contribution in [0.25, 0.3) is 0 Å². The van der Waals surface area contributed by atoms with Crippen molar-refractivity contribution in [3.63, 3.8) is 0 Å². The minimum absolute atomic E-state index is 0.144. The lowest BCUT2D eigenvalue weighted by Crippen LogP contribution is -2.22. The molecule has 78 valence electrons. The predicted octanol–water partition coefficient (Wildman–Crippen LogP) is 2.81. The van der Waals surface area contributed by atoms with Crippen molar-refractivity contribution < 1.29 is 9.53 Å². The fourth-order valence-electron chi connectivity index (χ4n) is 1.46. The van der Waals surface area contributed by atoms with Gasteiger partial charge in [0.2, 0.25) is 0 Å². The van der Waals surface area contributed by atoms with Crippen molar-refractivity contribution in [2.24, 2.45) is 5.92 Å². The molecule has 0 rings (SSSR count). The number of unbranched alkanes of at least 4 members (excludes halogenated alkanes) is 1. The van der Waals surface area contributed by atoms with Gasteiger partial charge in [-0.15, -0.1) is 0 Å². The molecule has 0 aromatic heterocycles. The van der Waals surface area contributed by atoms with E-state index in [9.17, 15) is 4.79 Å². The van der Waals surface area contributed by atoms with Crippen molar-refractivity contribution >= 4 is 5.78 Å². The lowest BCUT2D eigenvalue weighted by Gasteiger charge is -2.16. The van der Waals surface area contributed by atoms with Gasteiger partial charge in [0, 0.05) is 7.11 Å². The molecule has 0 amide bonds. The normalized spacial score (nSPS) is 15.4. The first-order valence-corrected chi connectivity index (χ1v) is 5.15. The van der Waals surface area contributed by atoms with Gasteiger partial charge >= 0.3 is 0 Å². The van der Waals surface area contributed by atoms with Gasteiger partial charge in [-0.2, -0.15) is 0 Å². The number of ketones is 1. The van der Waals surface area contributed by atoms with Crippen LogP contribution in [-0.2, 0) is 9.53 Å². The highest BCUT2D eigenvalue weighted by Crippen LogP contribution is 2.15. The van der Waals surface area contributed by atoms with Crippen molar-refractivity contribution in [2.75, 3.05) is 7.11 Å². The molecule has 0 fully saturated rings. The molecule has 0 aliphatic rings. The first-order valence-electron chi connectivity index (χ1n) is 5.15. The minimum atomic E-state index is -0.188. The van der Waals surface area contributed by atoms with Crippen molar-refractivity contribution in [1.82, 2.24) is 0 Å². The van der Waals surface area contributed by atoms with Gasteiger partial charge in [0.25, 0.3) is 0 Å². The molecule has 0 heterocycles. The molecule has 2 unspecified atom stereocenters. The standard InChI is InChI=1S/C11H22O2/c1-5-6-7-9(2)8-11(13-4)10(3)12/h9,11H,5-8H2,1-4H3. The Kier molecular flexibility index (Phi) is 6.87. The Morgan fingerprint density at radius 3 is 2.46 bits per heavy atom. The Hall–Kier alpha value is -0.370. The summed E-state index contributed by atoms with van der Waals surface area (Å²) in [5.74, 6) is 0.736. The van der Waals surface area contributed by atoms with Crippen LogP contribution in [0.4, 0.5) is 0 Å². The molecule has 2 nitrogen and oxygen atoms in total. The number of carbonyl (C=O) groups is 1. The SMILES string of the molecule is CCCCC(C)CC(OC)C(C)=O. The third-order valence-electron chi connectivity index (χ3n) is 2.40. The lowest BCUT2D eigenvalue weighted by atomic mass is 9.96. The smallest absolute Gasteiger partial charge is 0.158 e. The molecule has 0 saturated carbocycles. The van der Waals surface area contributed by atoms with Crippen molar-refractivity contribution in [1.29, 1.82) is 0 Å². The van der Waals surface area contributed by atoms with Crippen molar-refractivity contribution in [2.45, 2.75) is 52.6 Å². The average Bonchev–Trinajstić information content (AvgIpc) is 2.10. The summed E-state index contributed by atoms with van der Waals surface area (Å²) >= 11 is 0. The number of carbonyl (C=O) groups excluding carboxylic acids is 1. The van der Waals surface area contributed by atoms with E-state index in [-0.39, 0.29) is 11.9 Å². The summed E-state index contributed by atoms with van der Waals surface area (Å²) in [5, 5.41) is 0. The Balaban J connectivity index is 3.73. The first-order chi connectivity index (χ1) is 6.11. The van der Waals surface area contributed by atoms with Gasteiger partial charge < -0.3 is 4.74 Å². The van der Waals surface area contributed by atoms with E-state index in [4.69, 9.17) is 4.74 Å². The Morgan fingerprint density at radius 1 is 1.46 bits per heavy atom. The van der Waals surface area contributed by atoms with Crippen LogP contribution in [0.1, 0.15) is 46.5 Å². The second kappa shape index (κ2) is 7.07. The molecule has 0 aliphatic heterocycles. The first kappa shape index (κ1) is 12.6. The lowest BCUT2D eigenvalue weighted by molar-refractivity contribution is -0.127. The molecule has 0 aliphatic carbocycles. The molecule has 0 radical (unpaired) electrons. The number of hydrogen-bond acceptors (Lipinski definition) is 2. The van der Waals surface area contributed by atoms with Crippen LogP contribution >= 0.6 is 0 Å². The quantitative estimate of drug-likeness (QED) is 0.611. The summed E-state index contributed by atoms with van der Waals surface area (Å²) < 4.78 is 5.11. The zero-order chi connectivity index (χ0) is 10.3. The molecule has 0 aromatic carbocycles. The van der Waals surface area contributed by atoms with E-state index in [1.807, 2.05) is 0 Å². The van der Waals surface area contributed by atoms with Gasteiger partial charge in [0.05, 0.1) is 0 Å². The zero-order valence-corrected chi connectivity index (χ0v) is 9.30. The maximum absolute atomic E-state index is 11.1. The van der Waals surface area contributed by atoms with Crippen LogP contribution in [0, 0.1) is 5.92 Å². The van der Waals surface area contributed by atoms with Crippen LogP contribution < -0.4 is 0 Å². The maximum Gasteiger partial charge on any atom is 0.158 e. The van der Waals surface area contributed by atoms with Gasteiger partial charge in [-0.1, -0.05) is 33.1 Å². The highest BCUT2D eigenvalue weighted by Gasteiger charge is 2.16. The molecule has 0 saturated heterocycles. The number of Topliss-reactive ketones (excluding diaryl/α,β-unsaturated/α-hetero) is 1. The summed E-state index contributed by atoms with van der Waals surface area (Å²) in [6.45, 7) is 5.97. The van der Waals surface area contributed by atoms with Gasteiger partial charge in [0.1, 0.15) is 6.10 Å². The molecule has 0 aromatic rings. The van der Waals surface area contributed by atoms with E-state index < -0.39 is 0 Å². The number of methoxy groups -OCH3 is 1. The summed E-state index contributed by atoms with van der Waals surface area (Å²) in [6.07, 6.45) is 4.35. The molecule has 0 bridgehead atoms. The predicted molar refractivity (Wildman–Crippen MR) is 54.8 cm³/mol. The minimum Gasteiger partial charge on any atom is -0.374 e. The summed E-state index contributed by atoms with van der Waals surface area (Å²) in [4.78, 5) is 11.1. The highest BCUT2D eigenvalue weighted by molar-refractivity contribution is 5.80. The second-order valence-electron chi connectivity index (χ2n) is 3.82. The fourth-order valence-corrected chi connectivity index (χ4v) is 1.46. The largest absolute Gasteiger partial charge is 0.374 e. The molecular formula is C11H22O2. The Bertz CT molecular complexity index is 143. The molecule has 0 N–H and O–H groups in total. The molecular weight excluding hydrogens is 164 g/mol. The van der Waals surface area contributed by atoms with Crippen molar-refractivity contribution in [3.05, 3.63) is 0 Å². The van der Waals surface area contributed by atoms with E-state index in [1.165, 1.54) is 19.3 Å². The summed E-state index contributed by atoms with van der Waals surface area (Å²) in [7, 11) is 1.61. The van der Waals surface area contributed by atoms with Crippen molar-refractivity contribution in [3.8, 4) is 0 Å². The fraction of sp³-hybridized carbons (Fsp3) is 0.909. The topological polar surface area (TPSA) is 26.3 Å². The van der Waals surface area contributed by atoms with E-state index >= 15 is 0 Å². The molecule has 0 spiro atoms. The number of ether oxygens (including phenoxy) is 1. The summed E-state index contributed by atoms with van der Waals surface area (Å²) in [5.41, 5.74) is 0. The van der Waals surface area contributed by atoms with E-state index in [2.05, 4.69) is 13.8 Å². The second-order valence-corrected chi connectivity index (χ2v) is 3.82. The third-order valence-corrected chi connectivity index (χ3v) is 2.40. The van der Waals surface area contributed by atoms with E-state index in [0.717, 1.165) is 6.42 Å². The molecule has 2 heteroatoms. The van der Waals surface area contributed by atoms with Crippen LogP contribution in [-0.4, -0.2) is 19.0 Å². The van der Waals surface area contributed by atoms with Gasteiger partial charge in [-0.3, -0.25) is 4.79 Å². The Morgan fingerprint density at radius 2 is 2.08 bits per heavy atom. The van der Waals surface area contributed by atoms with Gasteiger partial charge in [-0.25, -0.2) is 0 Å².